The highest BCUT2D eigenvalue weighted by molar-refractivity contribution is 7.86. The molecule has 1 aliphatic rings. The van der Waals surface area contributed by atoms with E-state index in [2.05, 4.69) is 9.18 Å². The predicted octanol–water partition coefficient (Wildman–Crippen LogP) is 0.376. The van der Waals surface area contributed by atoms with E-state index in [1.807, 2.05) is 0 Å². The van der Waals surface area contributed by atoms with Crippen LogP contribution in [0.5, 0.6) is 0 Å². The van der Waals surface area contributed by atoms with Gasteiger partial charge in [0.15, 0.2) is 0 Å². The van der Waals surface area contributed by atoms with E-state index in [1.54, 1.807) is 0 Å². The van der Waals surface area contributed by atoms with Crippen LogP contribution in [0, 0.1) is 0 Å². The smallest absolute Gasteiger partial charge is 0.320 e. The van der Waals surface area contributed by atoms with Crippen LogP contribution in [0.3, 0.4) is 0 Å². The molecule has 66 valence electrons. The number of aliphatic imine (C=N–C) groups is 1. The highest BCUT2D eigenvalue weighted by atomic mass is 32.2. The third-order valence-electron chi connectivity index (χ3n) is 0.848. The maximum Gasteiger partial charge on any atom is 0.320 e. The van der Waals surface area contributed by atoms with Crippen LogP contribution in [0.15, 0.2) is 29.5 Å². The van der Waals surface area contributed by atoms with Crippen molar-refractivity contribution in [3.63, 3.8) is 0 Å². The molecule has 1 heterocycles. The minimum absolute atomic E-state index is 0.164. The molecular weight excluding hydrogens is 182 g/mol. The lowest BCUT2D eigenvalue weighted by atomic mass is 10.7. The van der Waals surface area contributed by atoms with Crippen molar-refractivity contribution in [2.75, 3.05) is 6.26 Å². The summed E-state index contributed by atoms with van der Waals surface area (Å²) in [6, 6.07) is 0. The first kappa shape index (κ1) is 8.79. The molecule has 0 atom stereocenters. The van der Waals surface area contributed by atoms with Crippen LogP contribution in [-0.2, 0) is 19.0 Å². The fourth-order valence-electron chi connectivity index (χ4n) is 0.516. The summed E-state index contributed by atoms with van der Waals surface area (Å²) in [4.78, 5) is 3.65. The summed E-state index contributed by atoms with van der Waals surface area (Å²) < 4.78 is 30.3. The van der Waals surface area contributed by atoms with E-state index in [0.29, 0.717) is 0 Å². The van der Waals surface area contributed by atoms with E-state index in [0.717, 1.165) is 6.26 Å². The molecule has 0 saturated carbocycles. The highest BCUT2D eigenvalue weighted by Crippen LogP contribution is 2.06. The van der Waals surface area contributed by atoms with Gasteiger partial charge < -0.3 is 8.92 Å². The second-order valence-electron chi connectivity index (χ2n) is 1.98. The summed E-state index contributed by atoms with van der Waals surface area (Å²) in [5.74, 6) is -0.164. The number of hydrogen-bond donors (Lipinski definition) is 0. The van der Waals surface area contributed by atoms with Gasteiger partial charge in [-0.15, -0.1) is 0 Å². The Morgan fingerprint density at radius 3 is 3.00 bits per heavy atom. The van der Waals surface area contributed by atoms with Gasteiger partial charge in [-0.05, 0) is 6.08 Å². The molecule has 1 aliphatic heterocycles. The molecule has 6 heteroatoms. The van der Waals surface area contributed by atoms with E-state index in [1.165, 1.54) is 24.8 Å². The third-order valence-corrected chi connectivity index (χ3v) is 1.32. The minimum atomic E-state index is -3.54. The van der Waals surface area contributed by atoms with E-state index in [4.69, 9.17) is 4.74 Å². The Hall–Kier alpha value is -1.30. The van der Waals surface area contributed by atoms with Gasteiger partial charge in [0, 0.05) is 6.21 Å². The van der Waals surface area contributed by atoms with Gasteiger partial charge in [-0.2, -0.15) is 8.42 Å². The molecule has 1 rings (SSSR count). The van der Waals surface area contributed by atoms with Crippen LogP contribution in [0.2, 0.25) is 0 Å². The molecule has 0 fully saturated rings. The van der Waals surface area contributed by atoms with Crippen molar-refractivity contribution in [1.82, 2.24) is 0 Å². The third kappa shape index (κ3) is 3.20. The highest BCUT2D eigenvalue weighted by Gasteiger charge is 2.07. The molecule has 0 aromatic rings. The van der Waals surface area contributed by atoms with E-state index in [9.17, 15) is 8.42 Å². The molecule has 0 unspecified atom stereocenters. The van der Waals surface area contributed by atoms with Crippen molar-refractivity contribution in [3.05, 3.63) is 24.5 Å². The molecule has 0 N–H and O–H groups in total. The van der Waals surface area contributed by atoms with Gasteiger partial charge in [0.25, 0.3) is 0 Å². The van der Waals surface area contributed by atoms with Gasteiger partial charge in [-0.25, -0.2) is 0 Å². The van der Waals surface area contributed by atoms with E-state index in [-0.39, 0.29) is 5.95 Å². The van der Waals surface area contributed by atoms with Crippen LogP contribution in [-0.4, -0.2) is 20.9 Å². The molecule has 0 aliphatic carbocycles. The van der Waals surface area contributed by atoms with Gasteiger partial charge in [0.05, 0.1) is 12.5 Å². The van der Waals surface area contributed by atoms with Crippen LogP contribution in [0.4, 0.5) is 0 Å². The topological polar surface area (TPSA) is 65.0 Å². The molecule has 0 radical (unpaired) electrons. The van der Waals surface area contributed by atoms with Crippen LogP contribution in [0.25, 0.3) is 0 Å². The molecule has 0 aromatic heterocycles. The second kappa shape index (κ2) is 3.40. The average Bonchev–Trinajstić information content (AvgIpc) is 2.12. The minimum Gasteiger partial charge on any atom is -0.432 e. The lowest BCUT2D eigenvalue weighted by Gasteiger charge is -2.02. The zero-order valence-electron chi connectivity index (χ0n) is 6.30. The van der Waals surface area contributed by atoms with Crippen LogP contribution in [0.1, 0.15) is 0 Å². The van der Waals surface area contributed by atoms with Crippen molar-refractivity contribution >= 4 is 16.3 Å². The van der Waals surface area contributed by atoms with Crippen molar-refractivity contribution in [2.24, 2.45) is 4.99 Å². The summed E-state index contributed by atoms with van der Waals surface area (Å²) in [6.45, 7) is 0. The Labute approximate surface area is 70.1 Å². The molecule has 0 amide bonds. The number of rotatable bonds is 2. The zero-order chi connectivity index (χ0) is 9.03. The molecule has 0 bridgehead atoms. The summed E-state index contributed by atoms with van der Waals surface area (Å²) in [7, 11) is -3.54. The van der Waals surface area contributed by atoms with Gasteiger partial charge in [-0.1, -0.05) is 0 Å². The Kier molecular flexibility index (Phi) is 2.49. The van der Waals surface area contributed by atoms with Gasteiger partial charge in [0.2, 0.25) is 0 Å². The first-order chi connectivity index (χ1) is 5.58. The first-order valence-corrected chi connectivity index (χ1v) is 4.84. The summed E-state index contributed by atoms with van der Waals surface area (Å²) >= 11 is 0. The fraction of sp³-hybridized carbons (Fsp3) is 0.167. The quantitative estimate of drug-likeness (QED) is 0.589. The van der Waals surface area contributed by atoms with Crippen molar-refractivity contribution < 1.29 is 17.3 Å². The second-order valence-corrected chi connectivity index (χ2v) is 3.56. The number of ether oxygens (including phenoxy) is 1. The number of nitrogens with zero attached hydrogens (tertiary/aromatic N) is 1. The summed E-state index contributed by atoms with van der Waals surface area (Å²) in [5.41, 5.74) is 0. The van der Waals surface area contributed by atoms with Crippen molar-refractivity contribution in [3.8, 4) is 0 Å². The predicted molar refractivity (Wildman–Crippen MR) is 42.7 cm³/mol. The van der Waals surface area contributed by atoms with Crippen molar-refractivity contribution in [2.45, 2.75) is 0 Å². The van der Waals surface area contributed by atoms with E-state index < -0.39 is 10.1 Å². The Bertz CT molecular complexity index is 339. The van der Waals surface area contributed by atoms with Crippen LogP contribution < -0.4 is 0 Å². The maximum absolute atomic E-state index is 10.6. The van der Waals surface area contributed by atoms with E-state index >= 15 is 0 Å². The summed E-state index contributed by atoms with van der Waals surface area (Å²) in [6.07, 6.45) is 6.32. The van der Waals surface area contributed by atoms with Crippen LogP contribution >= 0.6 is 0 Å². The van der Waals surface area contributed by atoms with Gasteiger partial charge >= 0.3 is 16.1 Å². The lowest BCUT2D eigenvalue weighted by molar-refractivity contribution is 0.190. The lowest BCUT2D eigenvalue weighted by Crippen LogP contribution is -2.03. The Balaban J connectivity index is 2.71. The standard InChI is InChI=1S/C6H7NO4S/c1-12(8,9)11-6-5-7-3-2-4-10-6/h2-5H,1H3. The maximum atomic E-state index is 10.6. The normalized spacial score (nSPS) is 16.2. The SMILES string of the molecule is CS(=O)(=O)OC1=CN=CC=CO1. The molecular formula is C6H7NO4S. The molecule has 0 aromatic carbocycles. The first-order valence-electron chi connectivity index (χ1n) is 3.02. The molecule has 5 nitrogen and oxygen atoms in total. The monoisotopic (exact) mass is 189 g/mol. The number of hydrogen-bond acceptors (Lipinski definition) is 5. The largest absolute Gasteiger partial charge is 0.432 e. The van der Waals surface area contributed by atoms with Crippen molar-refractivity contribution in [1.29, 1.82) is 0 Å². The molecule has 12 heavy (non-hydrogen) atoms. The number of allylic oxidation sites excluding steroid dienone is 1. The summed E-state index contributed by atoms with van der Waals surface area (Å²) in [5, 5.41) is 0. The molecule has 0 spiro atoms. The Morgan fingerprint density at radius 2 is 2.33 bits per heavy atom. The molecule has 0 saturated heterocycles. The zero-order valence-corrected chi connectivity index (χ0v) is 7.11. The Morgan fingerprint density at radius 1 is 1.58 bits per heavy atom. The van der Waals surface area contributed by atoms with Gasteiger partial charge in [0.1, 0.15) is 6.20 Å². The van der Waals surface area contributed by atoms with Gasteiger partial charge in [-0.3, -0.25) is 4.99 Å². The fourth-order valence-corrected chi connectivity index (χ4v) is 0.897. The average molecular weight is 189 g/mol.